The fourth-order valence-electron chi connectivity index (χ4n) is 2.94. The number of hydrogen-bond donors (Lipinski definition) is 1. The van der Waals surface area contributed by atoms with E-state index in [1.54, 1.807) is 6.07 Å². The molecule has 2 aromatic carbocycles. The van der Waals surface area contributed by atoms with E-state index < -0.39 is 4.92 Å². The van der Waals surface area contributed by atoms with Crippen molar-refractivity contribution in [2.75, 3.05) is 13.2 Å². The summed E-state index contributed by atoms with van der Waals surface area (Å²) in [6, 6.07) is 13.8. The van der Waals surface area contributed by atoms with Crippen molar-refractivity contribution in [3.63, 3.8) is 0 Å². The molecule has 1 N–H and O–H groups in total. The highest BCUT2D eigenvalue weighted by molar-refractivity contribution is 5.79. The van der Waals surface area contributed by atoms with E-state index in [9.17, 15) is 14.9 Å². The van der Waals surface area contributed by atoms with Crippen LogP contribution >= 0.6 is 0 Å². The Morgan fingerprint density at radius 1 is 1.26 bits per heavy atom. The second-order valence-corrected chi connectivity index (χ2v) is 6.44. The van der Waals surface area contributed by atoms with E-state index in [1.165, 1.54) is 12.1 Å². The molecule has 0 radical (unpaired) electrons. The number of amides is 1. The van der Waals surface area contributed by atoms with Gasteiger partial charge in [0, 0.05) is 24.8 Å². The molecule has 27 heavy (non-hydrogen) atoms. The summed E-state index contributed by atoms with van der Waals surface area (Å²) in [5.41, 5.74) is 1.49. The van der Waals surface area contributed by atoms with E-state index in [1.807, 2.05) is 30.3 Å². The monoisotopic (exact) mass is 370 g/mol. The number of nitrogens with one attached hydrogen (secondary N) is 1. The van der Waals surface area contributed by atoms with Gasteiger partial charge in [0.1, 0.15) is 12.4 Å². The van der Waals surface area contributed by atoms with Crippen LogP contribution in [-0.2, 0) is 22.6 Å². The molecule has 1 aliphatic heterocycles. The highest BCUT2D eigenvalue weighted by Crippen LogP contribution is 2.26. The summed E-state index contributed by atoms with van der Waals surface area (Å²) in [5, 5.41) is 13.9. The Bertz CT molecular complexity index is 788. The fourth-order valence-corrected chi connectivity index (χ4v) is 2.94. The predicted molar refractivity (Wildman–Crippen MR) is 99.6 cm³/mol. The van der Waals surface area contributed by atoms with Gasteiger partial charge in [-0.05, 0) is 24.5 Å². The lowest BCUT2D eigenvalue weighted by Crippen LogP contribution is -2.32. The van der Waals surface area contributed by atoms with Crippen molar-refractivity contribution in [3.05, 3.63) is 69.8 Å². The topological polar surface area (TPSA) is 90.7 Å². The van der Waals surface area contributed by atoms with Crippen molar-refractivity contribution < 1.29 is 19.2 Å². The minimum atomic E-state index is -0.476. The van der Waals surface area contributed by atoms with Crippen LogP contribution in [0.2, 0.25) is 0 Å². The summed E-state index contributed by atoms with van der Waals surface area (Å²) < 4.78 is 11.3. The smallest absolute Gasteiger partial charge is 0.273 e. The van der Waals surface area contributed by atoms with Gasteiger partial charge < -0.3 is 14.8 Å². The summed E-state index contributed by atoms with van der Waals surface area (Å²) in [4.78, 5) is 22.9. The number of nitro groups is 1. The van der Waals surface area contributed by atoms with Crippen LogP contribution in [0, 0.1) is 10.1 Å². The van der Waals surface area contributed by atoms with E-state index in [2.05, 4.69) is 5.32 Å². The molecule has 3 rings (SSSR count). The molecule has 0 saturated carbocycles. The van der Waals surface area contributed by atoms with Crippen molar-refractivity contribution in [2.24, 2.45) is 0 Å². The fraction of sp³-hybridized carbons (Fsp3) is 0.350. The molecule has 0 aliphatic carbocycles. The van der Waals surface area contributed by atoms with Crippen molar-refractivity contribution >= 4 is 11.6 Å². The molecular formula is C20H22N2O5. The van der Waals surface area contributed by atoms with Crippen molar-refractivity contribution in [2.45, 2.75) is 32.0 Å². The first-order chi connectivity index (χ1) is 13.1. The molecule has 7 heteroatoms. The first-order valence-corrected chi connectivity index (χ1v) is 8.94. The number of rotatable bonds is 8. The maximum atomic E-state index is 12.3. The van der Waals surface area contributed by atoms with Crippen LogP contribution in [-0.4, -0.2) is 30.1 Å². The van der Waals surface area contributed by atoms with Gasteiger partial charge in [0.2, 0.25) is 5.91 Å². The highest BCUT2D eigenvalue weighted by atomic mass is 16.6. The zero-order valence-corrected chi connectivity index (χ0v) is 14.9. The van der Waals surface area contributed by atoms with E-state index in [-0.39, 0.29) is 30.7 Å². The number of nitro benzene ring substituents is 1. The first-order valence-electron chi connectivity index (χ1n) is 8.94. The maximum absolute atomic E-state index is 12.3. The molecule has 1 saturated heterocycles. The Hall–Kier alpha value is -2.93. The van der Waals surface area contributed by atoms with Crippen LogP contribution in [0.5, 0.6) is 5.75 Å². The van der Waals surface area contributed by atoms with Crippen LogP contribution in [0.25, 0.3) is 0 Å². The molecule has 0 spiro atoms. The van der Waals surface area contributed by atoms with Gasteiger partial charge in [-0.25, -0.2) is 0 Å². The number of hydrogen-bond acceptors (Lipinski definition) is 5. The lowest BCUT2D eigenvalue weighted by atomic mass is 10.1. The SMILES string of the molecule is O=C(Cc1ccc([N+](=O)[O-])cc1OCc1ccccc1)NCC1CCCO1. The van der Waals surface area contributed by atoms with Gasteiger partial charge >= 0.3 is 0 Å². The molecular weight excluding hydrogens is 348 g/mol. The zero-order chi connectivity index (χ0) is 19.1. The number of nitrogens with zero attached hydrogens (tertiary/aromatic N) is 1. The Morgan fingerprint density at radius 3 is 2.78 bits per heavy atom. The molecule has 1 amide bonds. The Kier molecular flexibility index (Phi) is 6.38. The summed E-state index contributed by atoms with van der Waals surface area (Å²) >= 11 is 0. The van der Waals surface area contributed by atoms with Gasteiger partial charge in [-0.15, -0.1) is 0 Å². The number of benzene rings is 2. The number of carbonyl (C=O) groups excluding carboxylic acids is 1. The molecule has 7 nitrogen and oxygen atoms in total. The number of non-ortho nitro benzene ring substituents is 1. The quantitative estimate of drug-likeness (QED) is 0.570. The molecule has 2 aromatic rings. The average molecular weight is 370 g/mol. The lowest BCUT2D eigenvalue weighted by molar-refractivity contribution is -0.385. The summed E-state index contributed by atoms with van der Waals surface area (Å²) in [5.74, 6) is 0.184. The molecule has 1 aliphatic rings. The maximum Gasteiger partial charge on any atom is 0.273 e. The van der Waals surface area contributed by atoms with E-state index >= 15 is 0 Å². The Balaban J connectivity index is 1.66. The van der Waals surface area contributed by atoms with Gasteiger partial charge in [-0.1, -0.05) is 30.3 Å². The Morgan fingerprint density at radius 2 is 2.07 bits per heavy atom. The minimum Gasteiger partial charge on any atom is -0.488 e. The normalized spacial score (nSPS) is 16.1. The average Bonchev–Trinajstić information content (AvgIpc) is 3.20. The summed E-state index contributed by atoms with van der Waals surface area (Å²) in [6.07, 6.45) is 2.12. The third-order valence-electron chi connectivity index (χ3n) is 4.40. The van der Waals surface area contributed by atoms with Crippen molar-refractivity contribution in [3.8, 4) is 5.75 Å². The van der Waals surface area contributed by atoms with E-state index in [4.69, 9.17) is 9.47 Å². The molecule has 1 atom stereocenters. The minimum absolute atomic E-state index is 0.0680. The predicted octanol–water partition coefficient (Wildman–Crippen LogP) is 3.01. The number of ether oxygens (including phenoxy) is 2. The van der Waals surface area contributed by atoms with E-state index in [0.29, 0.717) is 17.9 Å². The van der Waals surface area contributed by atoms with Gasteiger partial charge in [-0.2, -0.15) is 0 Å². The summed E-state index contributed by atoms with van der Waals surface area (Å²) in [7, 11) is 0. The third-order valence-corrected chi connectivity index (χ3v) is 4.40. The molecule has 0 bridgehead atoms. The number of carbonyl (C=O) groups is 1. The van der Waals surface area contributed by atoms with Crippen LogP contribution in [0.1, 0.15) is 24.0 Å². The van der Waals surface area contributed by atoms with Crippen molar-refractivity contribution in [1.29, 1.82) is 0 Å². The largest absolute Gasteiger partial charge is 0.488 e. The van der Waals surface area contributed by atoms with Gasteiger partial charge in [0.15, 0.2) is 0 Å². The standard InChI is InChI=1S/C20H22N2O5/c23-20(21-13-18-7-4-10-26-18)11-16-8-9-17(22(24)25)12-19(16)27-14-15-5-2-1-3-6-15/h1-3,5-6,8-9,12,18H,4,7,10-11,13-14H2,(H,21,23). The van der Waals surface area contributed by atoms with Crippen LogP contribution in [0.3, 0.4) is 0 Å². The summed E-state index contributed by atoms with van der Waals surface area (Å²) in [6.45, 7) is 1.49. The molecule has 1 fully saturated rings. The highest BCUT2D eigenvalue weighted by Gasteiger charge is 2.18. The molecule has 1 heterocycles. The molecule has 142 valence electrons. The second-order valence-electron chi connectivity index (χ2n) is 6.44. The lowest BCUT2D eigenvalue weighted by Gasteiger charge is -2.13. The van der Waals surface area contributed by atoms with Crippen LogP contribution < -0.4 is 10.1 Å². The zero-order valence-electron chi connectivity index (χ0n) is 14.9. The Labute approximate surface area is 157 Å². The van der Waals surface area contributed by atoms with Crippen molar-refractivity contribution in [1.82, 2.24) is 5.32 Å². The van der Waals surface area contributed by atoms with E-state index in [0.717, 1.165) is 25.0 Å². The van der Waals surface area contributed by atoms with Gasteiger partial charge in [-0.3, -0.25) is 14.9 Å². The second kappa shape index (κ2) is 9.14. The molecule has 0 aromatic heterocycles. The molecule has 1 unspecified atom stereocenters. The third kappa shape index (κ3) is 5.52. The van der Waals surface area contributed by atoms with Crippen LogP contribution in [0.4, 0.5) is 5.69 Å². The van der Waals surface area contributed by atoms with Crippen LogP contribution in [0.15, 0.2) is 48.5 Å². The van der Waals surface area contributed by atoms with Gasteiger partial charge in [0.25, 0.3) is 5.69 Å². The first kappa shape index (κ1) is 18.8. The van der Waals surface area contributed by atoms with Gasteiger partial charge in [0.05, 0.1) is 23.5 Å².